The van der Waals surface area contributed by atoms with Gasteiger partial charge in [-0.2, -0.15) is 0 Å². The summed E-state index contributed by atoms with van der Waals surface area (Å²) < 4.78 is 0. The molecule has 1 heterocycles. The maximum atomic E-state index is 9.98. The Hall–Kier alpha value is -0.120. The summed E-state index contributed by atoms with van der Waals surface area (Å²) in [5.74, 6) is 0.313. The summed E-state index contributed by atoms with van der Waals surface area (Å²) in [5.41, 5.74) is -0.579. The summed E-state index contributed by atoms with van der Waals surface area (Å²) >= 11 is 0. The van der Waals surface area contributed by atoms with E-state index < -0.39 is 5.60 Å². The molecule has 1 fully saturated rings. The van der Waals surface area contributed by atoms with E-state index in [9.17, 15) is 10.2 Å². The number of unbranched alkanes of at least 4 members (excludes halogenated alkanes) is 2. The van der Waals surface area contributed by atoms with Crippen molar-refractivity contribution in [2.45, 2.75) is 58.3 Å². The first kappa shape index (κ1) is 12.9. The minimum absolute atomic E-state index is 0.313. The van der Waals surface area contributed by atoms with E-state index in [0.29, 0.717) is 19.0 Å². The van der Waals surface area contributed by atoms with Gasteiger partial charge in [-0.1, -0.05) is 33.1 Å². The Balaban J connectivity index is 2.19. The molecule has 1 saturated heterocycles. The van der Waals surface area contributed by atoms with E-state index >= 15 is 0 Å². The number of aliphatic hydroxyl groups excluding tert-OH is 1. The Bertz CT molecular complexity index is 186. The SMILES string of the molecule is CCCCCC(C)C(O)N1CC(C)(O)C1. The molecule has 0 aromatic carbocycles. The highest BCUT2D eigenvalue weighted by molar-refractivity contribution is 4.93. The van der Waals surface area contributed by atoms with Crippen molar-refractivity contribution in [2.24, 2.45) is 5.92 Å². The summed E-state index contributed by atoms with van der Waals surface area (Å²) in [6, 6.07) is 0. The second-order valence-electron chi connectivity index (χ2n) is 5.29. The Morgan fingerprint density at radius 3 is 2.40 bits per heavy atom. The molecule has 90 valence electrons. The van der Waals surface area contributed by atoms with E-state index in [1.807, 2.05) is 11.8 Å². The smallest absolute Gasteiger partial charge is 0.110 e. The van der Waals surface area contributed by atoms with Crippen LogP contribution < -0.4 is 0 Å². The Morgan fingerprint density at radius 2 is 1.93 bits per heavy atom. The number of rotatable bonds is 6. The average molecular weight is 215 g/mol. The summed E-state index contributed by atoms with van der Waals surface area (Å²) in [7, 11) is 0. The van der Waals surface area contributed by atoms with Crippen molar-refractivity contribution >= 4 is 0 Å². The Labute approximate surface area is 93.1 Å². The van der Waals surface area contributed by atoms with Crippen LogP contribution in [0.15, 0.2) is 0 Å². The lowest BCUT2D eigenvalue weighted by atomic mass is 9.92. The molecule has 0 aromatic rings. The van der Waals surface area contributed by atoms with Crippen LogP contribution in [0.2, 0.25) is 0 Å². The molecule has 0 aliphatic carbocycles. The maximum absolute atomic E-state index is 9.98. The third kappa shape index (κ3) is 3.74. The summed E-state index contributed by atoms with van der Waals surface area (Å²) in [4.78, 5) is 1.95. The van der Waals surface area contributed by atoms with Crippen molar-refractivity contribution < 1.29 is 10.2 Å². The van der Waals surface area contributed by atoms with Crippen molar-refractivity contribution in [3.8, 4) is 0 Å². The van der Waals surface area contributed by atoms with E-state index in [1.54, 1.807) is 0 Å². The first-order chi connectivity index (χ1) is 6.96. The fraction of sp³-hybridized carbons (Fsp3) is 1.00. The zero-order valence-corrected chi connectivity index (χ0v) is 10.2. The second kappa shape index (κ2) is 5.28. The molecule has 3 heteroatoms. The highest BCUT2D eigenvalue weighted by Gasteiger charge is 2.40. The van der Waals surface area contributed by atoms with Crippen molar-refractivity contribution in [3.63, 3.8) is 0 Å². The first-order valence-electron chi connectivity index (χ1n) is 6.11. The molecule has 0 bridgehead atoms. The quantitative estimate of drug-likeness (QED) is 0.661. The summed E-state index contributed by atoms with van der Waals surface area (Å²) in [6.07, 6.45) is 4.37. The molecule has 0 saturated carbocycles. The van der Waals surface area contributed by atoms with Crippen LogP contribution >= 0.6 is 0 Å². The van der Waals surface area contributed by atoms with Gasteiger partial charge in [-0.25, -0.2) is 0 Å². The first-order valence-corrected chi connectivity index (χ1v) is 6.11. The van der Waals surface area contributed by atoms with Gasteiger partial charge in [0.1, 0.15) is 6.23 Å². The van der Waals surface area contributed by atoms with Crippen molar-refractivity contribution in [2.75, 3.05) is 13.1 Å². The average Bonchev–Trinajstić information content (AvgIpc) is 2.13. The van der Waals surface area contributed by atoms with E-state index in [1.165, 1.54) is 19.3 Å². The molecule has 0 aromatic heterocycles. The second-order valence-corrected chi connectivity index (χ2v) is 5.29. The Morgan fingerprint density at radius 1 is 1.33 bits per heavy atom. The third-order valence-corrected chi connectivity index (χ3v) is 3.23. The highest BCUT2D eigenvalue weighted by Crippen LogP contribution is 2.26. The molecule has 0 amide bonds. The van der Waals surface area contributed by atoms with Crippen molar-refractivity contribution in [1.82, 2.24) is 4.90 Å². The van der Waals surface area contributed by atoms with E-state index in [4.69, 9.17) is 0 Å². The number of β-amino-alcohol motifs (C(OH)–C–C–N with tert-alkyl or cyclic N) is 1. The molecular weight excluding hydrogens is 190 g/mol. The van der Waals surface area contributed by atoms with Gasteiger partial charge < -0.3 is 10.2 Å². The standard InChI is InChI=1S/C12H25NO2/c1-4-5-6-7-10(2)11(14)13-8-12(3,15)9-13/h10-11,14-15H,4-9H2,1-3H3. The fourth-order valence-electron chi connectivity index (χ4n) is 2.24. The van der Waals surface area contributed by atoms with Crippen LogP contribution in [0.1, 0.15) is 46.5 Å². The van der Waals surface area contributed by atoms with Gasteiger partial charge in [0, 0.05) is 13.1 Å². The van der Waals surface area contributed by atoms with E-state index in [0.717, 1.165) is 6.42 Å². The van der Waals surface area contributed by atoms with Gasteiger partial charge in [-0.3, -0.25) is 4.90 Å². The van der Waals surface area contributed by atoms with Gasteiger partial charge in [-0.05, 0) is 19.3 Å². The monoisotopic (exact) mass is 215 g/mol. The van der Waals surface area contributed by atoms with Crippen molar-refractivity contribution in [3.05, 3.63) is 0 Å². The van der Waals surface area contributed by atoms with Crippen LogP contribution in [0.5, 0.6) is 0 Å². The molecular formula is C12H25NO2. The van der Waals surface area contributed by atoms with Crippen LogP contribution in [0.3, 0.4) is 0 Å². The minimum Gasteiger partial charge on any atom is -0.387 e. The molecule has 0 radical (unpaired) electrons. The lowest BCUT2D eigenvalue weighted by molar-refractivity contribution is -0.166. The van der Waals surface area contributed by atoms with E-state index in [2.05, 4.69) is 13.8 Å². The number of aliphatic hydroxyl groups is 2. The highest BCUT2D eigenvalue weighted by atomic mass is 16.3. The van der Waals surface area contributed by atoms with Gasteiger partial charge in [0.15, 0.2) is 0 Å². The minimum atomic E-state index is -0.579. The topological polar surface area (TPSA) is 43.7 Å². The number of hydrogen-bond acceptors (Lipinski definition) is 3. The zero-order chi connectivity index (χ0) is 11.5. The predicted molar refractivity (Wildman–Crippen MR) is 61.5 cm³/mol. The fourth-order valence-corrected chi connectivity index (χ4v) is 2.24. The van der Waals surface area contributed by atoms with Crippen LogP contribution in [0.25, 0.3) is 0 Å². The molecule has 15 heavy (non-hydrogen) atoms. The molecule has 1 rings (SSSR count). The van der Waals surface area contributed by atoms with Gasteiger partial charge in [0.25, 0.3) is 0 Å². The molecule has 2 atom stereocenters. The van der Waals surface area contributed by atoms with Crippen LogP contribution in [-0.4, -0.2) is 40.0 Å². The lowest BCUT2D eigenvalue weighted by Crippen LogP contribution is -2.64. The summed E-state index contributed by atoms with van der Waals surface area (Å²) in [6.45, 7) is 7.30. The lowest BCUT2D eigenvalue weighted by Gasteiger charge is -2.48. The van der Waals surface area contributed by atoms with Gasteiger partial charge in [0.2, 0.25) is 0 Å². The molecule has 3 nitrogen and oxygen atoms in total. The maximum Gasteiger partial charge on any atom is 0.110 e. The van der Waals surface area contributed by atoms with E-state index in [-0.39, 0.29) is 6.23 Å². The van der Waals surface area contributed by atoms with Crippen LogP contribution in [0, 0.1) is 5.92 Å². The van der Waals surface area contributed by atoms with Gasteiger partial charge in [-0.15, -0.1) is 0 Å². The summed E-state index contributed by atoms with van der Waals surface area (Å²) in [5, 5.41) is 19.6. The van der Waals surface area contributed by atoms with Crippen LogP contribution in [0.4, 0.5) is 0 Å². The zero-order valence-electron chi connectivity index (χ0n) is 10.2. The molecule has 1 aliphatic heterocycles. The normalized spacial score (nSPS) is 24.6. The molecule has 2 N–H and O–H groups in total. The number of nitrogens with zero attached hydrogens (tertiary/aromatic N) is 1. The van der Waals surface area contributed by atoms with Gasteiger partial charge in [0.05, 0.1) is 5.60 Å². The molecule has 0 spiro atoms. The Kier molecular flexibility index (Phi) is 4.56. The van der Waals surface area contributed by atoms with Crippen LogP contribution in [-0.2, 0) is 0 Å². The number of likely N-dealkylation sites (tertiary alicyclic amines) is 1. The molecule has 2 unspecified atom stereocenters. The molecule has 1 aliphatic rings. The predicted octanol–water partition coefficient (Wildman–Crippen LogP) is 1.59. The third-order valence-electron chi connectivity index (χ3n) is 3.23. The largest absolute Gasteiger partial charge is 0.387 e. The number of hydrogen-bond donors (Lipinski definition) is 2. The van der Waals surface area contributed by atoms with Gasteiger partial charge >= 0.3 is 0 Å². The van der Waals surface area contributed by atoms with Crippen molar-refractivity contribution in [1.29, 1.82) is 0 Å².